The van der Waals surface area contributed by atoms with Gasteiger partial charge in [-0.2, -0.15) is 0 Å². The molecule has 6 heteroatoms. The number of oxazole rings is 1. The topological polar surface area (TPSA) is 77.3 Å². The highest BCUT2D eigenvalue weighted by atomic mass is 16.5. The standard InChI is InChI=1S/C20H15N3O3/c24-20(25-13-14-5-2-1-3-6-14)22-16-8-9-18-17(11-16)23-19(26-18)15-7-4-10-21-12-15/h1-12H,13H2,(H,22,24). The molecule has 0 aliphatic heterocycles. The molecule has 0 radical (unpaired) electrons. The molecule has 0 atom stereocenters. The Hall–Kier alpha value is -3.67. The molecule has 6 nitrogen and oxygen atoms in total. The first-order valence-corrected chi connectivity index (χ1v) is 8.07. The van der Waals surface area contributed by atoms with Gasteiger partial charge in [-0.15, -0.1) is 0 Å². The summed E-state index contributed by atoms with van der Waals surface area (Å²) < 4.78 is 10.9. The van der Waals surface area contributed by atoms with Crippen molar-refractivity contribution in [3.05, 3.63) is 78.6 Å². The number of benzene rings is 2. The summed E-state index contributed by atoms with van der Waals surface area (Å²) >= 11 is 0. The Kier molecular flexibility index (Phi) is 4.30. The monoisotopic (exact) mass is 345 g/mol. The highest BCUT2D eigenvalue weighted by molar-refractivity contribution is 5.88. The molecule has 0 saturated carbocycles. The van der Waals surface area contributed by atoms with Gasteiger partial charge in [0.05, 0.1) is 5.56 Å². The zero-order chi connectivity index (χ0) is 17.8. The maximum absolute atomic E-state index is 12.0. The van der Waals surface area contributed by atoms with Gasteiger partial charge < -0.3 is 9.15 Å². The number of hydrogen-bond acceptors (Lipinski definition) is 5. The molecule has 0 aliphatic rings. The van der Waals surface area contributed by atoms with Gasteiger partial charge in [0.1, 0.15) is 12.1 Å². The molecule has 1 N–H and O–H groups in total. The van der Waals surface area contributed by atoms with Crippen molar-refractivity contribution >= 4 is 22.9 Å². The maximum atomic E-state index is 12.0. The number of hydrogen-bond donors (Lipinski definition) is 1. The SMILES string of the molecule is O=C(Nc1ccc2oc(-c3cccnc3)nc2c1)OCc1ccccc1. The smallest absolute Gasteiger partial charge is 0.411 e. The second kappa shape index (κ2) is 7.06. The Morgan fingerprint density at radius 1 is 1.08 bits per heavy atom. The zero-order valence-electron chi connectivity index (χ0n) is 13.8. The molecular weight excluding hydrogens is 330 g/mol. The van der Waals surface area contributed by atoms with Crippen LogP contribution in [-0.4, -0.2) is 16.1 Å². The summed E-state index contributed by atoms with van der Waals surface area (Å²) in [6, 6.07) is 18.4. The Labute approximate surface area is 149 Å². The minimum Gasteiger partial charge on any atom is -0.444 e. The average molecular weight is 345 g/mol. The number of carbonyl (C=O) groups excluding carboxylic acids is 1. The van der Waals surface area contributed by atoms with Gasteiger partial charge in [0, 0.05) is 18.1 Å². The predicted octanol–water partition coefficient (Wildman–Crippen LogP) is 4.64. The van der Waals surface area contributed by atoms with E-state index in [1.54, 1.807) is 30.6 Å². The molecule has 128 valence electrons. The van der Waals surface area contributed by atoms with Gasteiger partial charge in [0.2, 0.25) is 5.89 Å². The molecule has 1 amide bonds. The number of carbonyl (C=O) groups is 1. The zero-order valence-corrected chi connectivity index (χ0v) is 13.8. The fourth-order valence-electron chi connectivity index (χ4n) is 2.49. The largest absolute Gasteiger partial charge is 0.444 e. The van der Waals surface area contributed by atoms with E-state index < -0.39 is 6.09 Å². The summed E-state index contributed by atoms with van der Waals surface area (Å²) in [6.45, 7) is 0.212. The molecule has 4 rings (SSSR count). The van der Waals surface area contributed by atoms with Gasteiger partial charge in [-0.3, -0.25) is 10.3 Å². The third kappa shape index (κ3) is 3.54. The van der Waals surface area contributed by atoms with E-state index in [-0.39, 0.29) is 6.61 Å². The fraction of sp³-hybridized carbons (Fsp3) is 0.0500. The van der Waals surface area contributed by atoms with Gasteiger partial charge in [-0.25, -0.2) is 9.78 Å². The number of rotatable bonds is 4. The van der Waals surface area contributed by atoms with Gasteiger partial charge in [-0.05, 0) is 35.9 Å². The molecule has 0 fully saturated rings. The summed E-state index contributed by atoms with van der Waals surface area (Å²) in [4.78, 5) is 20.5. The molecule has 0 aliphatic carbocycles. The molecule has 0 unspecified atom stereocenters. The van der Waals surface area contributed by atoms with E-state index in [1.807, 2.05) is 42.5 Å². The van der Waals surface area contributed by atoms with Crippen LogP contribution in [0.4, 0.5) is 10.5 Å². The molecule has 2 aromatic heterocycles. The summed E-state index contributed by atoms with van der Waals surface area (Å²) in [7, 11) is 0. The minimum absolute atomic E-state index is 0.212. The van der Waals surface area contributed by atoms with Crippen LogP contribution in [0.5, 0.6) is 0 Å². The van der Waals surface area contributed by atoms with E-state index in [9.17, 15) is 4.79 Å². The summed E-state index contributed by atoms with van der Waals surface area (Å²) in [6.07, 6.45) is 2.85. The lowest BCUT2D eigenvalue weighted by Gasteiger charge is -2.06. The third-order valence-corrected chi connectivity index (χ3v) is 3.76. The van der Waals surface area contributed by atoms with E-state index in [0.29, 0.717) is 22.7 Å². The molecule has 0 saturated heterocycles. The first kappa shape index (κ1) is 15.8. The van der Waals surface area contributed by atoms with Crippen LogP contribution < -0.4 is 5.32 Å². The van der Waals surface area contributed by atoms with Crippen LogP contribution in [0, 0.1) is 0 Å². The van der Waals surface area contributed by atoms with Crippen molar-refractivity contribution in [2.75, 3.05) is 5.32 Å². The normalized spacial score (nSPS) is 10.6. The quantitative estimate of drug-likeness (QED) is 0.583. The first-order valence-electron chi connectivity index (χ1n) is 8.07. The highest BCUT2D eigenvalue weighted by Gasteiger charge is 2.10. The number of nitrogens with one attached hydrogen (secondary N) is 1. The molecule has 2 aromatic carbocycles. The number of aromatic nitrogens is 2. The highest BCUT2D eigenvalue weighted by Crippen LogP contribution is 2.25. The molecular formula is C20H15N3O3. The molecule has 0 bridgehead atoms. The molecule has 4 aromatic rings. The van der Waals surface area contributed by atoms with Crippen molar-refractivity contribution in [3.8, 4) is 11.5 Å². The molecule has 26 heavy (non-hydrogen) atoms. The van der Waals surface area contributed by atoms with Crippen LogP contribution in [-0.2, 0) is 11.3 Å². The van der Waals surface area contributed by atoms with E-state index in [1.165, 1.54) is 0 Å². The summed E-state index contributed by atoms with van der Waals surface area (Å²) in [5.41, 5.74) is 3.58. The van der Waals surface area contributed by atoms with Crippen LogP contribution in [0.15, 0.2) is 77.5 Å². The number of nitrogens with zero attached hydrogens (tertiary/aromatic N) is 2. The lowest BCUT2D eigenvalue weighted by atomic mass is 10.2. The van der Waals surface area contributed by atoms with Crippen molar-refractivity contribution < 1.29 is 13.9 Å². The Balaban J connectivity index is 1.46. The minimum atomic E-state index is -0.524. The van der Waals surface area contributed by atoms with Crippen LogP contribution >= 0.6 is 0 Å². The number of anilines is 1. The van der Waals surface area contributed by atoms with Crippen molar-refractivity contribution in [1.82, 2.24) is 9.97 Å². The van der Waals surface area contributed by atoms with Gasteiger partial charge in [-0.1, -0.05) is 30.3 Å². The van der Waals surface area contributed by atoms with Gasteiger partial charge in [0.15, 0.2) is 5.58 Å². The number of amides is 1. The Bertz CT molecular complexity index is 1030. The summed E-state index contributed by atoms with van der Waals surface area (Å²) in [5, 5.41) is 2.70. The van der Waals surface area contributed by atoms with E-state index in [4.69, 9.17) is 9.15 Å². The first-order chi connectivity index (χ1) is 12.8. The van der Waals surface area contributed by atoms with E-state index >= 15 is 0 Å². The van der Waals surface area contributed by atoms with Gasteiger partial charge in [0.25, 0.3) is 0 Å². The Morgan fingerprint density at radius 3 is 2.77 bits per heavy atom. The van der Waals surface area contributed by atoms with Crippen molar-refractivity contribution in [2.45, 2.75) is 6.61 Å². The van der Waals surface area contributed by atoms with E-state index in [0.717, 1.165) is 11.1 Å². The second-order valence-electron chi connectivity index (χ2n) is 5.63. The lowest BCUT2D eigenvalue weighted by Crippen LogP contribution is -2.13. The van der Waals surface area contributed by atoms with Crippen molar-refractivity contribution in [2.24, 2.45) is 0 Å². The lowest BCUT2D eigenvalue weighted by molar-refractivity contribution is 0.155. The van der Waals surface area contributed by atoms with Crippen LogP contribution in [0.2, 0.25) is 0 Å². The number of pyridine rings is 1. The van der Waals surface area contributed by atoms with Gasteiger partial charge >= 0.3 is 6.09 Å². The third-order valence-electron chi connectivity index (χ3n) is 3.76. The predicted molar refractivity (Wildman–Crippen MR) is 97.5 cm³/mol. The fourth-order valence-corrected chi connectivity index (χ4v) is 2.49. The molecule has 0 spiro atoms. The summed E-state index contributed by atoms with van der Waals surface area (Å²) in [5.74, 6) is 0.483. The van der Waals surface area contributed by atoms with Crippen molar-refractivity contribution in [1.29, 1.82) is 0 Å². The van der Waals surface area contributed by atoms with Crippen molar-refractivity contribution in [3.63, 3.8) is 0 Å². The molecule has 2 heterocycles. The number of ether oxygens (including phenoxy) is 1. The second-order valence-corrected chi connectivity index (χ2v) is 5.63. The van der Waals surface area contributed by atoms with Crippen LogP contribution in [0.3, 0.4) is 0 Å². The number of fused-ring (bicyclic) bond motifs is 1. The Morgan fingerprint density at radius 2 is 1.96 bits per heavy atom. The van der Waals surface area contributed by atoms with Crippen LogP contribution in [0.25, 0.3) is 22.6 Å². The van der Waals surface area contributed by atoms with Crippen LogP contribution in [0.1, 0.15) is 5.56 Å². The average Bonchev–Trinajstić information content (AvgIpc) is 3.11. The van der Waals surface area contributed by atoms with E-state index in [2.05, 4.69) is 15.3 Å². The maximum Gasteiger partial charge on any atom is 0.411 e.